The Kier molecular flexibility index (Phi) is 14.0. The number of hydrogen-bond donors (Lipinski definition) is 4. The molecule has 4 aromatic carbocycles. The molecule has 0 saturated heterocycles. The molecule has 0 bridgehead atoms. The topological polar surface area (TPSA) is 193 Å². The smallest absolute Gasteiger partial charge is 0.294 e. The largest absolute Gasteiger partial charge is 0.396 e. The number of anilines is 6. The normalized spacial score (nSPS) is 11.7. The van der Waals surface area contributed by atoms with Crippen molar-refractivity contribution < 1.29 is 18.1 Å². The van der Waals surface area contributed by atoms with Crippen molar-refractivity contribution in [3.05, 3.63) is 91.0 Å². The highest BCUT2D eigenvalue weighted by Crippen LogP contribution is 2.36. The predicted molar refractivity (Wildman–Crippen MR) is 215 cm³/mol. The fourth-order valence-corrected chi connectivity index (χ4v) is 6.42. The van der Waals surface area contributed by atoms with Crippen molar-refractivity contribution in [2.45, 2.75) is 37.7 Å². The van der Waals surface area contributed by atoms with Gasteiger partial charge in [0.15, 0.2) is 5.16 Å². The molecule has 1 heterocycles. The zero-order chi connectivity index (χ0) is 38.5. The standard InChI is InChI=1S/C37H43N11O4S2/c1-5-47(6-2)28-17-19-31(45-43-26-13-10-9-11-14-26)33(24-28)38-35-40-36(42-37(41-35)53-22-21-49)39-34-25-29(48(7-3)8-4)18-20-32(34)46-44-27-15-12-16-30(23-27)54(50,51)52/h9-20,23-25,49H,5-8,21-22H2,1-4H3,(H,50,51,52)(H2,38,39,40,41,42). The highest BCUT2D eigenvalue weighted by molar-refractivity contribution is 7.99. The molecule has 0 aliphatic heterocycles. The average molecular weight is 770 g/mol. The van der Waals surface area contributed by atoms with Crippen molar-refractivity contribution in [2.24, 2.45) is 20.5 Å². The molecule has 282 valence electrons. The predicted octanol–water partition coefficient (Wildman–Crippen LogP) is 9.21. The minimum absolute atomic E-state index is 0.0764. The molecule has 1 aromatic heterocycles. The summed E-state index contributed by atoms with van der Waals surface area (Å²) in [6, 6.07) is 26.5. The van der Waals surface area contributed by atoms with Crippen molar-refractivity contribution in [1.29, 1.82) is 0 Å². The fraction of sp³-hybridized carbons (Fsp3) is 0.270. The first-order valence-electron chi connectivity index (χ1n) is 17.4. The fourth-order valence-electron chi connectivity index (χ4n) is 5.33. The Morgan fingerprint density at radius 1 is 0.648 bits per heavy atom. The van der Waals surface area contributed by atoms with Crippen LogP contribution in [-0.4, -0.2) is 71.6 Å². The Morgan fingerprint density at radius 3 is 1.67 bits per heavy atom. The Hall–Kier alpha value is -5.49. The van der Waals surface area contributed by atoms with Gasteiger partial charge in [-0.2, -0.15) is 33.6 Å². The molecule has 15 nitrogen and oxygen atoms in total. The lowest BCUT2D eigenvalue weighted by atomic mass is 10.2. The van der Waals surface area contributed by atoms with Crippen LogP contribution in [0.15, 0.2) is 122 Å². The van der Waals surface area contributed by atoms with Gasteiger partial charge in [0.2, 0.25) is 11.9 Å². The molecule has 0 fully saturated rings. The van der Waals surface area contributed by atoms with Crippen molar-refractivity contribution in [2.75, 3.05) is 59.0 Å². The third-order valence-corrected chi connectivity index (χ3v) is 9.74. The summed E-state index contributed by atoms with van der Waals surface area (Å²) in [6.07, 6.45) is 0. The highest BCUT2D eigenvalue weighted by Gasteiger charge is 2.16. The molecule has 0 radical (unpaired) electrons. The maximum Gasteiger partial charge on any atom is 0.294 e. The van der Waals surface area contributed by atoms with Gasteiger partial charge in [-0.1, -0.05) is 36.0 Å². The first-order chi connectivity index (χ1) is 26.1. The number of aliphatic hydroxyl groups is 1. The van der Waals surface area contributed by atoms with Gasteiger partial charge in [-0.15, -0.1) is 10.2 Å². The number of benzene rings is 4. The molecule has 54 heavy (non-hydrogen) atoms. The summed E-state index contributed by atoms with van der Waals surface area (Å²) in [5, 5.41) is 34.3. The molecule has 5 aromatic rings. The van der Waals surface area contributed by atoms with E-state index in [0.29, 0.717) is 39.3 Å². The first-order valence-corrected chi connectivity index (χ1v) is 19.8. The van der Waals surface area contributed by atoms with Gasteiger partial charge >= 0.3 is 0 Å². The van der Waals surface area contributed by atoms with Gasteiger partial charge in [0, 0.05) is 43.3 Å². The Morgan fingerprint density at radius 2 is 1.17 bits per heavy atom. The summed E-state index contributed by atoms with van der Waals surface area (Å²) in [5.41, 5.74) is 4.96. The average Bonchev–Trinajstić information content (AvgIpc) is 3.17. The third-order valence-electron chi connectivity index (χ3n) is 8.07. The second kappa shape index (κ2) is 19.0. The molecule has 0 amide bonds. The Balaban J connectivity index is 1.56. The molecule has 0 saturated carbocycles. The number of aliphatic hydroxyl groups excluding tert-OH is 1. The van der Waals surface area contributed by atoms with Gasteiger partial charge in [-0.3, -0.25) is 4.55 Å². The molecule has 0 aliphatic carbocycles. The van der Waals surface area contributed by atoms with Crippen LogP contribution in [0, 0.1) is 0 Å². The second-order valence-electron chi connectivity index (χ2n) is 11.5. The van der Waals surface area contributed by atoms with Crippen LogP contribution in [0.3, 0.4) is 0 Å². The highest BCUT2D eigenvalue weighted by atomic mass is 32.2. The number of rotatable bonds is 18. The summed E-state index contributed by atoms with van der Waals surface area (Å²) in [6.45, 7) is 11.4. The van der Waals surface area contributed by atoms with E-state index in [1.165, 1.54) is 30.0 Å². The second-order valence-corrected chi connectivity index (χ2v) is 14.0. The van der Waals surface area contributed by atoms with Crippen LogP contribution < -0.4 is 20.4 Å². The van der Waals surface area contributed by atoms with E-state index in [1.54, 1.807) is 12.1 Å². The summed E-state index contributed by atoms with van der Waals surface area (Å²) >= 11 is 1.27. The van der Waals surface area contributed by atoms with Gasteiger partial charge in [-0.25, -0.2) is 0 Å². The molecule has 17 heteroatoms. The van der Waals surface area contributed by atoms with E-state index in [4.69, 9.17) is 4.98 Å². The number of azo groups is 2. The summed E-state index contributed by atoms with van der Waals surface area (Å²) < 4.78 is 32.9. The van der Waals surface area contributed by atoms with Crippen molar-refractivity contribution in [3.63, 3.8) is 0 Å². The van der Waals surface area contributed by atoms with Crippen LogP contribution >= 0.6 is 11.8 Å². The van der Waals surface area contributed by atoms with Crippen LogP contribution in [0.25, 0.3) is 0 Å². The van der Waals surface area contributed by atoms with Crippen LogP contribution in [0.1, 0.15) is 27.7 Å². The lowest BCUT2D eigenvalue weighted by Crippen LogP contribution is -2.21. The number of nitrogens with one attached hydrogen (secondary N) is 2. The molecular weight excluding hydrogens is 727 g/mol. The quantitative estimate of drug-likeness (QED) is 0.0376. The van der Waals surface area contributed by atoms with E-state index in [1.807, 2.05) is 60.7 Å². The van der Waals surface area contributed by atoms with Crippen molar-refractivity contribution in [3.8, 4) is 0 Å². The number of thioether (sulfide) groups is 1. The molecule has 0 spiro atoms. The lowest BCUT2D eigenvalue weighted by Gasteiger charge is -2.22. The monoisotopic (exact) mass is 769 g/mol. The Labute approximate surface area is 319 Å². The van der Waals surface area contributed by atoms with Gasteiger partial charge < -0.3 is 25.5 Å². The molecule has 4 N–H and O–H groups in total. The van der Waals surface area contributed by atoms with E-state index in [-0.39, 0.29) is 29.1 Å². The minimum Gasteiger partial charge on any atom is -0.396 e. The Bertz CT molecular complexity index is 2180. The maximum absolute atomic E-state index is 11.7. The lowest BCUT2D eigenvalue weighted by molar-refractivity contribution is 0.322. The first kappa shape index (κ1) is 39.7. The van der Waals surface area contributed by atoms with Crippen LogP contribution in [0.5, 0.6) is 0 Å². The zero-order valence-electron chi connectivity index (χ0n) is 30.5. The van der Waals surface area contributed by atoms with Crippen LogP contribution in [0.2, 0.25) is 0 Å². The van der Waals surface area contributed by atoms with E-state index in [9.17, 15) is 18.1 Å². The molecule has 5 rings (SSSR count). The maximum atomic E-state index is 11.7. The van der Waals surface area contributed by atoms with E-state index >= 15 is 0 Å². The molecular formula is C37H43N11O4S2. The number of aromatic nitrogens is 3. The zero-order valence-corrected chi connectivity index (χ0v) is 32.1. The van der Waals surface area contributed by atoms with Crippen LogP contribution in [0.4, 0.5) is 57.4 Å². The summed E-state index contributed by atoms with van der Waals surface area (Å²) in [5.74, 6) is 0.781. The third kappa shape index (κ3) is 10.8. The van der Waals surface area contributed by atoms with Crippen molar-refractivity contribution >= 4 is 79.3 Å². The summed E-state index contributed by atoms with van der Waals surface area (Å²) in [4.78, 5) is 18.1. The van der Waals surface area contributed by atoms with Gasteiger partial charge in [0.05, 0.1) is 34.3 Å². The summed E-state index contributed by atoms with van der Waals surface area (Å²) in [7, 11) is -4.42. The van der Waals surface area contributed by atoms with Gasteiger partial charge in [-0.05, 0) is 94.4 Å². The van der Waals surface area contributed by atoms with E-state index < -0.39 is 10.1 Å². The number of hydrogen-bond acceptors (Lipinski definition) is 15. The SMILES string of the molecule is CCN(CC)c1ccc(N=Nc2ccccc2)c(Nc2nc(Nc3cc(N(CC)CC)ccc3N=Nc3cccc(S(=O)(=O)O)c3)nc(SCCO)n2)c1. The van der Waals surface area contributed by atoms with Gasteiger partial charge in [0.1, 0.15) is 11.4 Å². The molecule has 0 unspecified atom stereocenters. The molecule has 0 aliphatic rings. The van der Waals surface area contributed by atoms with E-state index in [2.05, 4.69) is 78.6 Å². The minimum atomic E-state index is -4.42. The van der Waals surface area contributed by atoms with Gasteiger partial charge in [0.25, 0.3) is 10.1 Å². The number of nitrogens with zero attached hydrogens (tertiary/aromatic N) is 9. The van der Waals surface area contributed by atoms with Crippen molar-refractivity contribution in [1.82, 2.24) is 15.0 Å². The van der Waals surface area contributed by atoms with E-state index in [0.717, 1.165) is 37.6 Å². The van der Waals surface area contributed by atoms with Crippen LogP contribution in [-0.2, 0) is 10.1 Å². The molecule has 0 atom stereocenters.